The van der Waals surface area contributed by atoms with E-state index in [-0.39, 0.29) is 21.3 Å². The highest BCUT2D eigenvalue weighted by Crippen LogP contribution is 2.25. The number of benzene rings is 2. The van der Waals surface area contributed by atoms with Gasteiger partial charge in [0.15, 0.2) is 0 Å². The van der Waals surface area contributed by atoms with E-state index in [2.05, 4.69) is 5.32 Å². The third kappa shape index (κ3) is 2.63. The smallest absolute Gasteiger partial charge is 0.258 e. The summed E-state index contributed by atoms with van der Waals surface area (Å²) < 4.78 is 13.4. The van der Waals surface area contributed by atoms with Crippen LogP contribution in [0.4, 0.5) is 10.1 Å². The molecule has 0 saturated heterocycles. The molecule has 2 nitrogen and oxygen atoms in total. The van der Waals surface area contributed by atoms with E-state index >= 15 is 0 Å². The number of hydrogen-bond acceptors (Lipinski definition) is 1. The fourth-order valence-corrected chi connectivity index (χ4v) is 2.03. The van der Waals surface area contributed by atoms with Gasteiger partial charge in [-0.3, -0.25) is 4.79 Å². The number of carbonyl (C=O) groups is 1. The highest BCUT2D eigenvalue weighted by atomic mass is 35.5. The molecule has 0 bridgehead atoms. The van der Waals surface area contributed by atoms with E-state index < -0.39 is 11.7 Å². The third-order valence-corrected chi connectivity index (χ3v) is 2.94. The first-order valence-corrected chi connectivity index (χ1v) is 5.85. The van der Waals surface area contributed by atoms with Crippen molar-refractivity contribution in [1.82, 2.24) is 0 Å². The second kappa shape index (κ2) is 5.38. The Balaban J connectivity index is 2.31. The molecule has 2 rings (SSSR count). The van der Waals surface area contributed by atoms with Gasteiger partial charge in [-0.2, -0.15) is 0 Å². The summed E-state index contributed by atoms with van der Waals surface area (Å²) in [6, 6.07) is 10.6. The topological polar surface area (TPSA) is 29.1 Å². The molecule has 0 aliphatic carbocycles. The van der Waals surface area contributed by atoms with E-state index in [1.165, 1.54) is 18.2 Å². The van der Waals surface area contributed by atoms with Gasteiger partial charge in [0, 0.05) is 0 Å². The van der Waals surface area contributed by atoms with E-state index in [9.17, 15) is 9.18 Å². The van der Waals surface area contributed by atoms with Gasteiger partial charge in [-0.05, 0) is 24.3 Å². The lowest BCUT2D eigenvalue weighted by atomic mass is 10.2. The molecule has 0 saturated carbocycles. The van der Waals surface area contributed by atoms with Gasteiger partial charge in [0.05, 0.1) is 21.3 Å². The van der Waals surface area contributed by atoms with Crippen LogP contribution >= 0.6 is 23.2 Å². The maximum atomic E-state index is 13.4. The molecule has 0 atom stereocenters. The normalized spacial score (nSPS) is 10.2. The first-order chi connectivity index (χ1) is 8.59. The van der Waals surface area contributed by atoms with Gasteiger partial charge in [0.25, 0.3) is 5.91 Å². The summed E-state index contributed by atoms with van der Waals surface area (Å²) in [4.78, 5) is 12.0. The molecule has 0 spiro atoms. The SMILES string of the molecule is O=C(Nc1ccccc1F)c1c(Cl)cccc1Cl. The van der Waals surface area contributed by atoms with Crippen molar-refractivity contribution in [2.75, 3.05) is 5.32 Å². The van der Waals surface area contributed by atoms with Crippen LogP contribution in [0.2, 0.25) is 10.0 Å². The number of para-hydroxylation sites is 1. The number of nitrogens with one attached hydrogen (secondary N) is 1. The summed E-state index contributed by atoms with van der Waals surface area (Å²) in [5.41, 5.74) is 0.211. The molecule has 0 aromatic heterocycles. The fraction of sp³-hybridized carbons (Fsp3) is 0. The molecular formula is C13H8Cl2FNO. The predicted molar refractivity (Wildman–Crippen MR) is 70.8 cm³/mol. The Morgan fingerprint density at radius 2 is 1.61 bits per heavy atom. The molecule has 0 heterocycles. The summed E-state index contributed by atoms with van der Waals surface area (Å²) in [7, 11) is 0. The Labute approximate surface area is 113 Å². The number of hydrogen-bond donors (Lipinski definition) is 1. The largest absolute Gasteiger partial charge is 0.319 e. The van der Waals surface area contributed by atoms with Gasteiger partial charge in [-0.15, -0.1) is 0 Å². The molecule has 18 heavy (non-hydrogen) atoms. The average molecular weight is 284 g/mol. The zero-order valence-corrected chi connectivity index (χ0v) is 10.6. The third-order valence-electron chi connectivity index (χ3n) is 2.31. The zero-order chi connectivity index (χ0) is 13.1. The van der Waals surface area contributed by atoms with Crippen LogP contribution in [0.25, 0.3) is 0 Å². The van der Waals surface area contributed by atoms with Crippen molar-refractivity contribution in [1.29, 1.82) is 0 Å². The minimum absolute atomic E-state index is 0.0819. The molecule has 1 N–H and O–H groups in total. The van der Waals surface area contributed by atoms with Crippen molar-refractivity contribution in [3.63, 3.8) is 0 Å². The van der Waals surface area contributed by atoms with Crippen molar-refractivity contribution >= 4 is 34.8 Å². The molecule has 0 unspecified atom stereocenters. The lowest BCUT2D eigenvalue weighted by Crippen LogP contribution is -2.14. The molecule has 1 amide bonds. The van der Waals surface area contributed by atoms with Crippen LogP contribution in [0.1, 0.15) is 10.4 Å². The first-order valence-electron chi connectivity index (χ1n) is 5.09. The van der Waals surface area contributed by atoms with Gasteiger partial charge < -0.3 is 5.32 Å². The van der Waals surface area contributed by atoms with Gasteiger partial charge in [-0.25, -0.2) is 4.39 Å². The molecule has 0 radical (unpaired) electrons. The van der Waals surface area contributed by atoms with Crippen molar-refractivity contribution in [3.8, 4) is 0 Å². The van der Waals surface area contributed by atoms with Gasteiger partial charge >= 0.3 is 0 Å². The number of anilines is 1. The van der Waals surface area contributed by atoms with Crippen LogP contribution in [0.3, 0.4) is 0 Å². The summed E-state index contributed by atoms with van der Waals surface area (Å²) in [6.45, 7) is 0. The summed E-state index contributed by atoms with van der Waals surface area (Å²) >= 11 is 11.8. The molecular weight excluding hydrogens is 276 g/mol. The van der Waals surface area contributed by atoms with Crippen molar-refractivity contribution in [2.24, 2.45) is 0 Å². The van der Waals surface area contributed by atoms with Crippen LogP contribution in [0, 0.1) is 5.82 Å². The minimum Gasteiger partial charge on any atom is -0.319 e. The second-order valence-electron chi connectivity index (χ2n) is 3.53. The van der Waals surface area contributed by atoms with Crippen molar-refractivity contribution < 1.29 is 9.18 Å². The Hall–Kier alpha value is -1.58. The van der Waals surface area contributed by atoms with Crippen molar-refractivity contribution in [2.45, 2.75) is 0 Å². The zero-order valence-electron chi connectivity index (χ0n) is 9.08. The lowest BCUT2D eigenvalue weighted by Gasteiger charge is -2.08. The quantitative estimate of drug-likeness (QED) is 0.870. The van der Waals surface area contributed by atoms with Crippen LogP contribution in [-0.2, 0) is 0 Å². The number of rotatable bonds is 2. The van der Waals surface area contributed by atoms with Crippen LogP contribution in [0.5, 0.6) is 0 Å². The maximum Gasteiger partial charge on any atom is 0.258 e. The fourth-order valence-electron chi connectivity index (χ4n) is 1.46. The minimum atomic E-state index is -0.546. The predicted octanol–water partition coefficient (Wildman–Crippen LogP) is 4.38. The van der Waals surface area contributed by atoms with Crippen molar-refractivity contribution in [3.05, 3.63) is 63.9 Å². The Morgan fingerprint density at radius 1 is 1.00 bits per heavy atom. The highest BCUT2D eigenvalue weighted by molar-refractivity contribution is 6.40. The molecule has 5 heteroatoms. The number of amides is 1. The van der Waals surface area contributed by atoms with E-state index in [4.69, 9.17) is 23.2 Å². The highest BCUT2D eigenvalue weighted by Gasteiger charge is 2.15. The van der Waals surface area contributed by atoms with Crippen LogP contribution in [0.15, 0.2) is 42.5 Å². The number of carbonyl (C=O) groups excluding carboxylic acids is 1. The molecule has 92 valence electrons. The molecule has 0 aliphatic heterocycles. The van der Waals surface area contributed by atoms with Crippen LogP contribution < -0.4 is 5.32 Å². The monoisotopic (exact) mass is 283 g/mol. The second-order valence-corrected chi connectivity index (χ2v) is 4.35. The Kier molecular flexibility index (Phi) is 3.84. The maximum absolute atomic E-state index is 13.4. The number of halogens is 3. The molecule has 2 aromatic rings. The van der Waals surface area contributed by atoms with E-state index in [0.717, 1.165) is 0 Å². The average Bonchev–Trinajstić information content (AvgIpc) is 2.32. The van der Waals surface area contributed by atoms with E-state index in [1.54, 1.807) is 24.3 Å². The van der Waals surface area contributed by atoms with Gasteiger partial charge in [0.2, 0.25) is 0 Å². The first kappa shape index (κ1) is 12.9. The summed E-state index contributed by atoms with van der Waals surface area (Å²) in [5, 5.41) is 2.86. The van der Waals surface area contributed by atoms with Crippen LogP contribution in [-0.4, -0.2) is 5.91 Å². The molecule has 0 aliphatic rings. The van der Waals surface area contributed by atoms with Gasteiger partial charge in [0.1, 0.15) is 5.82 Å². The Bertz CT molecular complexity index is 581. The summed E-state index contributed by atoms with van der Waals surface area (Å²) in [6.07, 6.45) is 0. The van der Waals surface area contributed by atoms with E-state index in [0.29, 0.717) is 0 Å². The molecule has 0 fully saturated rings. The standard InChI is InChI=1S/C13H8Cl2FNO/c14-8-4-3-5-9(15)12(8)13(18)17-11-7-2-1-6-10(11)16/h1-7H,(H,17,18). The van der Waals surface area contributed by atoms with Gasteiger partial charge in [-0.1, -0.05) is 41.4 Å². The lowest BCUT2D eigenvalue weighted by molar-refractivity contribution is 0.102. The van der Waals surface area contributed by atoms with E-state index in [1.807, 2.05) is 0 Å². The summed E-state index contributed by atoms with van der Waals surface area (Å²) in [5.74, 6) is -1.07. The molecule has 2 aromatic carbocycles. The Morgan fingerprint density at radius 3 is 2.22 bits per heavy atom.